The number of benzene rings is 3. The number of ketones is 1. The Morgan fingerprint density at radius 3 is 2.14 bits per heavy atom. The molecule has 0 saturated carbocycles. The second-order valence-electron chi connectivity index (χ2n) is 8.16. The van der Waals surface area contributed by atoms with Crippen molar-refractivity contribution in [3.05, 3.63) is 113 Å². The highest BCUT2D eigenvalue weighted by Gasteiger charge is 2.21. The van der Waals surface area contributed by atoms with E-state index in [9.17, 15) is 14.4 Å². The number of rotatable bonds is 7. The van der Waals surface area contributed by atoms with Crippen LogP contribution in [0.15, 0.2) is 78.9 Å². The highest BCUT2D eigenvalue weighted by atomic mass is 16.5. The SMILES string of the molecule is Cc1ccc(C(=O)c2ccccc2C(=O)OCC(=O)Nc2c(C)nn(-c3ccccc3)c2C)cc1. The fourth-order valence-corrected chi connectivity index (χ4v) is 3.75. The van der Waals surface area contributed by atoms with Gasteiger partial charge in [0.2, 0.25) is 0 Å². The molecule has 0 aliphatic rings. The summed E-state index contributed by atoms with van der Waals surface area (Å²) in [5.74, 6) is -1.54. The lowest BCUT2D eigenvalue weighted by molar-refractivity contribution is -0.119. The molecule has 4 rings (SSSR count). The molecule has 0 bridgehead atoms. The normalized spacial score (nSPS) is 10.6. The van der Waals surface area contributed by atoms with Crippen molar-refractivity contribution in [1.82, 2.24) is 9.78 Å². The number of anilines is 1. The van der Waals surface area contributed by atoms with Crippen LogP contribution in [0.25, 0.3) is 5.69 Å². The Labute approximate surface area is 203 Å². The Hall–Kier alpha value is -4.52. The van der Waals surface area contributed by atoms with E-state index in [1.54, 1.807) is 41.9 Å². The standard InChI is InChI=1S/C28H25N3O4/c1-18-13-15-21(16-14-18)27(33)23-11-7-8-12-24(23)28(34)35-17-25(32)29-26-19(2)30-31(20(26)3)22-9-5-4-6-10-22/h4-16H,17H2,1-3H3,(H,29,32). The first-order valence-electron chi connectivity index (χ1n) is 11.1. The molecule has 0 aliphatic heterocycles. The number of ether oxygens (including phenoxy) is 1. The van der Waals surface area contributed by atoms with Gasteiger partial charge in [-0.15, -0.1) is 0 Å². The van der Waals surface area contributed by atoms with Gasteiger partial charge < -0.3 is 10.1 Å². The number of nitrogens with zero attached hydrogens (tertiary/aromatic N) is 2. The van der Waals surface area contributed by atoms with Crippen molar-refractivity contribution in [2.75, 3.05) is 11.9 Å². The molecule has 3 aromatic carbocycles. The third kappa shape index (κ3) is 5.19. The van der Waals surface area contributed by atoms with Crippen LogP contribution in [0, 0.1) is 20.8 Å². The van der Waals surface area contributed by atoms with Crippen LogP contribution in [0.2, 0.25) is 0 Å². The molecule has 1 amide bonds. The monoisotopic (exact) mass is 467 g/mol. The number of amides is 1. The highest BCUT2D eigenvalue weighted by molar-refractivity contribution is 6.14. The van der Waals surface area contributed by atoms with Crippen LogP contribution < -0.4 is 5.32 Å². The smallest absolute Gasteiger partial charge is 0.339 e. The van der Waals surface area contributed by atoms with Crippen molar-refractivity contribution in [2.45, 2.75) is 20.8 Å². The van der Waals surface area contributed by atoms with Crippen LogP contribution >= 0.6 is 0 Å². The minimum absolute atomic E-state index is 0.107. The van der Waals surface area contributed by atoms with Gasteiger partial charge in [-0.3, -0.25) is 9.59 Å². The number of carbonyl (C=O) groups is 3. The summed E-state index contributed by atoms with van der Waals surface area (Å²) >= 11 is 0. The predicted molar refractivity (Wildman–Crippen MR) is 133 cm³/mol. The summed E-state index contributed by atoms with van der Waals surface area (Å²) < 4.78 is 6.99. The molecule has 0 saturated heterocycles. The lowest BCUT2D eigenvalue weighted by Gasteiger charge is -2.10. The van der Waals surface area contributed by atoms with Crippen LogP contribution in [-0.4, -0.2) is 34.0 Å². The number of nitrogens with one attached hydrogen (secondary N) is 1. The number of carbonyl (C=O) groups excluding carboxylic acids is 3. The van der Waals surface area contributed by atoms with E-state index in [-0.39, 0.29) is 16.9 Å². The molecule has 7 heteroatoms. The summed E-state index contributed by atoms with van der Waals surface area (Å²) in [7, 11) is 0. The number of esters is 1. The number of hydrogen-bond acceptors (Lipinski definition) is 5. The van der Waals surface area contributed by atoms with Crippen molar-refractivity contribution in [3.8, 4) is 5.69 Å². The van der Waals surface area contributed by atoms with Crippen molar-refractivity contribution >= 4 is 23.3 Å². The molecule has 1 heterocycles. The minimum Gasteiger partial charge on any atom is -0.452 e. The van der Waals surface area contributed by atoms with E-state index in [0.717, 1.165) is 16.9 Å². The molecule has 1 aromatic heterocycles. The summed E-state index contributed by atoms with van der Waals surface area (Å²) in [6.07, 6.45) is 0. The Morgan fingerprint density at radius 1 is 0.829 bits per heavy atom. The molecule has 0 atom stereocenters. The van der Waals surface area contributed by atoms with E-state index in [1.807, 2.05) is 56.3 Å². The van der Waals surface area contributed by atoms with E-state index in [4.69, 9.17) is 4.74 Å². The van der Waals surface area contributed by atoms with Crippen LogP contribution in [0.4, 0.5) is 5.69 Å². The lowest BCUT2D eigenvalue weighted by Crippen LogP contribution is -2.22. The van der Waals surface area contributed by atoms with Crippen molar-refractivity contribution < 1.29 is 19.1 Å². The summed E-state index contributed by atoms with van der Waals surface area (Å²) in [6.45, 7) is 5.07. The van der Waals surface area contributed by atoms with Gasteiger partial charge in [-0.2, -0.15) is 5.10 Å². The average molecular weight is 468 g/mol. The minimum atomic E-state index is -0.746. The van der Waals surface area contributed by atoms with Gasteiger partial charge in [0.15, 0.2) is 12.4 Å². The van der Waals surface area contributed by atoms with Crippen molar-refractivity contribution in [3.63, 3.8) is 0 Å². The molecule has 7 nitrogen and oxygen atoms in total. The number of hydrogen-bond donors (Lipinski definition) is 1. The third-order valence-corrected chi connectivity index (χ3v) is 5.60. The largest absolute Gasteiger partial charge is 0.452 e. The summed E-state index contributed by atoms with van der Waals surface area (Å²) in [4.78, 5) is 38.3. The van der Waals surface area contributed by atoms with Gasteiger partial charge >= 0.3 is 5.97 Å². The fraction of sp³-hybridized carbons (Fsp3) is 0.143. The van der Waals surface area contributed by atoms with Crippen molar-refractivity contribution in [1.29, 1.82) is 0 Å². The molecule has 0 spiro atoms. The maximum absolute atomic E-state index is 13.0. The first-order chi connectivity index (χ1) is 16.8. The number of para-hydroxylation sites is 1. The molecule has 0 unspecified atom stereocenters. The molecule has 1 N–H and O–H groups in total. The van der Waals surface area contributed by atoms with E-state index < -0.39 is 18.5 Å². The molecular weight excluding hydrogens is 442 g/mol. The van der Waals surface area contributed by atoms with Crippen LogP contribution in [0.1, 0.15) is 43.2 Å². The average Bonchev–Trinajstić information content (AvgIpc) is 3.16. The predicted octanol–water partition coefficient (Wildman–Crippen LogP) is 4.82. The first-order valence-corrected chi connectivity index (χ1v) is 11.1. The van der Waals surface area contributed by atoms with E-state index >= 15 is 0 Å². The third-order valence-electron chi connectivity index (χ3n) is 5.60. The zero-order valence-corrected chi connectivity index (χ0v) is 19.7. The Kier molecular flexibility index (Phi) is 6.87. The van der Waals surface area contributed by atoms with Gasteiger partial charge in [0.1, 0.15) is 0 Å². The van der Waals surface area contributed by atoms with Crippen molar-refractivity contribution in [2.24, 2.45) is 0 Å². The molecule has 0 radical (unpaired) electrons. The second kappa shape index (κ2) is 10.2. The lowest BCUT2D eigenvalue weighted by atomic mass is 9.98. The molecule has 0 aliphatic carbocycles. The Bertz CT molecular complexity index is 1390. The van der Waals surface area contributed by atoms with Gasteiger partial charge in [0.25, 0.3) is 5.91 Å². The van der Waals surface area contributed by atoms with Crippen LogP contribution in [0.5, 0.6) is 0 Å². The molecule has 0 fully saturated rings. The maximum Gasteiger partial charge on any atom is 0.339 e. The molecular formula is C28H25N3O4. The molecule has 35 heavy (non-hydrogen) atoms. The Balaban J connectivity index is 1.45. The summed E-state index contributed by atoms with van der Waals surface area (Å²) in [6, 6.07) is 23.1. The van der Waals surface area contributed by atoms with Gasteiger partial charge in [0.05, 0.1) is 28.3 Å². The maximum atomic E-state index is 13.0. The van der Waals surface area contributed by atoms with E-state index in [1.165, 1.54) is 6.07 Å². The fourth-order valence-electron chi connectivity index (χ4n) is 3.75. The first kappa shape index (κ1) is 23.6. The summed E-state index contributed by atoms with van der Waals surface area (Å²) in [5, 5.41) is 7.28. The van der Waals surface area contributed by atoms with Gasteiger partial charge in [-0.05, 0) is 39.0 Å². The molecule has 4 aromatic rings. The number of aromatic nitrogens is 2. The Morgan fingerprint density at radius 2 is 1.46 bits per heavy atom. The topological polar surface area (TPSA) is 90.3 Å². The zero-order valence-electron chi connectivity index (χ0n) is 19.7. The van der Waals surface area contributed by atoms with Gasteiger partial charge in [0, 0.05) is 11.1 Å². The van der Waals surface area contributed by atoms with Crippen LogP contribution in [-0.2, 0) is 9.53 Å². The van der Waals surface area contributed by atoms with Crippen LogP contribution in [0.3, 0.4) is 0 Å². The molecule has 176 valence electrons. The zero-order chi connectivity index (χ0) is 24.9. The quantitative estimate of drug-likeness (QED) is 0.311. The number of aryl methyl sites for hydroxylation is 2. The van der Waals surface area contributed by atoms with Gasteiger partial charge in [-0.25, -0.2) is 9.48 Å². The highest BCUT2D eigenvalue weighted by Crippen LogP contribution is 2.23. The van der Waals surface area contributed by atoms with E-state index in [0.29, 0.717) is 16.9 Å². The van der Waals surface area contributed by atoms with Gasteiger partial charge in [-0.1, -0.05) is 66.2 Å². The second-order valence-corrected chi connectivity index (χ2v) is 8.16. The summed E-state index contributed by atoms with van der Waals surface area (Å²) in [5.41, 5.74) is 4.64. The van der Waals surface area contributed by atoms with E-state index in [2.05, 4.69) is 10.4 Å².